The largest absolute Gasteiger partial charge is 0.305 e. The molecule has 0 saturated heterocycles. The molecule has 1 aliphatic rings. The second-order valence-electron chi connectivity index (χ2n) is 6.98. The van der Waals surface area contributed by atoms with E-state index >= 15 is 0 Å². The summed E-state index contributed by atoms with van der Waals surface area (Å²) < 4.78 is 3.50. The molecule has 2 aromatic heterocycles. The third kappa shape index (κ3) is 2.66. The number of nitrogens with one attached hydrogen (secondary N) is 1. The third-order valence-electron chi connectivity index (χ3n) is 4.87. The summed E-state index contributed by atoms with van der Waals surface area (Å²) in [5.74, 6) is 1.05. The number of hydrogen-bond donors (Lipinski definition) is 1. The van der Waals surface area contributed by atoms with E-state index in [2.05, 4.69) is 36.4 Å². The Morgan fingerprint density at radius 2 is 2.04 bits per heavy atom. The highest BCUT2D eigenvalue weighted by Crippen LogP contribution is 2.25. The van der Waals surface area contributed by atoms with Gasteiger partial charge in [-0.05, 0) is 17.9 Å². The van der Waals surface area contributed by atoms with E-state index in [1.54, 1.807) is 4.68 Å². The monoisotopic (exact) mass is 337 g/mol. The van der Waals surface area contributed by atoms with Gasteiger partial charge in [-0.3, -0.25) is 14.0 Å². The average Bonchev–Trinajstić information content (AvgIpc) is 2.94. The highest BCUT2D eigenvalue weighted by Gasteiger charge is 2.27. The number of benzene rings is 1. The smallest absolute Gasteiger partial charge is 0.279 e. The van der Waals surface area contributed by atoms with E-state index in [0.717, 1.165) is 30.0 Å². The topological polar surface area (TPSA) is 64.7 Å². The molecule has 1 atom stereocenters. The van der Waals surface area contributed by atoms with Crippen molar-refractivity contribution in [2.24, 2.45) is 7.05 Å². The van der Waals surface area contributed by atoms with Crippen LogP contribution in [0.5, 0.6) is 0 Å². The second kappa shape index (κ2) is 6.11. The summed E-state index contributed by atoms with van der Waals surface area (Å²) in [7, 11) is 1.83. The Balaban J connectivity index is 1.87. The first-order valence-corrected chi connectivity index (χ1v) is 8.81. The van der Waals surface area contributed by atoms with Gasteiger partial charge in [0.1, 0.15) is 11.3 Å². The zero-order valence-electron chi connectivity index (χ0n) is 14.9. The molecule has 1 N–H and O–H groups in total. The summed E-state index contributed by atoms with van der Waals surface area (Å²) >= 11 is 0. The van der Waals surface area contributed by atoms with Gasteiger partial charge < -0.3 is 5.32 Å². The van der Waals surface area contributed by atoms with Crippen LogP contribution in [0, 0.1) is 0 Å². The lowest BCUT2D eigenvalue weighted by atomic mass is 10.0. The highest BCUT2D eigenvalue weighted by molar-refractivity contribution is 5.77. The fraction of sp³-hybridized carbons (Fsp3) is 0.421. The molecule has 130 valence electrons. The molecule has 1 unspecified atom stereocenters. The Morgan fingerprint density at radius 3 is 2.76 bits per heavy atom. The molecule has 25 heavy (non-hydrogen) atoms. The van der Waals surface area contributed by atoms with Crippen LogP contribution in [-0.4, -0.2) is 25.9 Å². The van der Waals surface area contributed by atoms with Crippen molar-refractivity contribution < 1.29 is 0 Å². The second-order valence-corrected chi connectivity index (χ2v) is 6.98. The maximum atomic E-state index is 13.1. The van der Waals surface area contributed by atoms with Gasteiger partial charge in [0.25, 0.3) is 5.56 Å². The zero-order valence-corrected chi connectivity index (χ0v) is 14.9. The molecule has 0 bridgehead atoms. The summed E-state index contributed by atoms with van der Waals surface area (Å²) in [5.41, 5.74) is 3.49. The SMILES string of the molecule is CC(C)c1nn(C)c2c(=O)n3c(nc12)C(Cc1ccccc1)NCC3. The number of aromatic nitrogens is 4. The Hall–Kier alpha value is -2.47. The van der Waals surface area contributed by atoms with Gasteiger partial charge >= 0.3 is 0 Å². The minimum Gasteiger partial charge on any atom is -0.305 e. The van der Waals surface area contributed by atoms with Crippen molar-refractivity contribution >= 4 is 11.0 Å². The lowest BCUT2D eigenvalue weighted by Crippen LogP contribution is -2.41. The fourth-order valence-corrected chi connectivity index (χ4v) is 3.62. The van der Waals surface area contributed by atoms with Gasteiger partial charge in [-0.2, -0.15) is 5.10 Å². The van der Waals surface area contributed by atoms with Gasteiger partial charge in [0.05, 0.1) is 11.7 Å². The van der Waals surface area contributed by atoms with E-state index in [1.165, 1.54) is 5.56 Å². The van der Waals surface area contributed by atoms with Crippen LogP contribution in [0.1, 0.15) is 42.9 Å². The van der Waals surface area contributed by atoms with Crippen LogP contribution in [0.25, 0.3) is 11.0 Å². The van der Waals surface area contributed by atoms with Gasteiger partial charge in [0, 0.05) is 20.1 Å². The van der Waals surface area contributed by atoms with Gasteiger partial charge in [-0.1, -0.05) is 44.2 Å². The first-order chi connectivity index (χ1) is 12.1. The number of nitrogens with zero attached hydrogens (tertiary/aromatic N) is 4. The van der Waals surface area contributed by atoms with Crippen molar-refractivity contribution in [1.82, 2.24) is 24.6 Å². The summed E-state index contributed by atoms with van der Waals surface area (Å²) in [6.07, 6.45) is 0.816. The maximum absolute atomic E-state index is 13.1. The summed E-state index contributed by atoms with van der Waals surface area (Å²) in [6.45, 7) is 5.58. The molecule has 4 rings (SSSR count). The summed E-state index contributed by atoms with van der Waals surface area (Å²) in [5, 5.41) is 8.07. The Labute approximate surface area is 146 Å². The molecule has 0 fully saturated rings. The molecule has 6 heteroatoms. The lowest BCUT2D eigenvalue weighted by Gasteiger charge is -2.27. The van der Waals surface area contributed by atoms with E-state index in [0.29, 0.717) is 12.1 Å². The van der Waals surface area contributed by atoms with E-state index in [-0.39, 0.29) is 17.5 Å². The summed E-state index contributed by atoms with van der Waals surface area (Å²) in [6, 6.07) is 10.4. The Morgan fingerprint density at radius 1 is 1.28 bits per heavy atom. The zero-order chi connectivity index (χ0) is 17.6. The quantitative estimate of drug-likeness (QED) is 0.795. The lowest BCUT2D eigenvalue weighted by molar-refractivity contribution is 0.399. The minimum absolute atomic E-state index is 0.0152. The first-order valence-electron chi connectivity index (χ1n) is 8.81. The first kappa shape index (κ1) is 16.0. The molecular formula is C19H23N5O. The predicted octanol–water partition coefficient (Wildman–Crippen LogP) is 2.14. The molecule has 3 heterocycles. The number of aryl methyl sites for hydroxylation is 1. The van der Waals surface area contributed by atoms with Crippen LogP contribution >= 0.6 is 0 Å². The standard InChI is InChI=1S/C19H23N5O/c1-12(2)15-16-17(23(3)22-15)19(25)24-10-9-20-14(18(24)21-16)11-13-7-5-4-6-8-13/h4-8,12,14,20H,9-11H2,1-3H3. The van der Waals surface area contributed by atoms with Crippen LogP contribution in [0.4, 0.5) is 0 Å². The van der Waals surface area contributed by atoms with Gasteiger partial charge in [-0.15, -0.1) is 0 Å². The highest BCUT2D eigenvalue weighted by atomic mass is 16.1. The summed E-state index contributed by atoms with van der Waals surface area (Å²) in [4.78, 5) is 18.0. The minimum atomic E-state index is 0.0152. The fourth-order valence-electron chi connectivity index (χ4n) is 3.62. The molecule has 0 aliphatic carbocycles. The van der Waals surface area contributed by atoms with Crippen LogP contribution in [0.2, 0.25) is 0 Å². The van der Waals surface area contributed by atoms with Crippen LogP contribution < -0.4 is 10.9 Å². The van der Waals surface area contributed by atoms with Gasteiger partial charge in [0.2, 0.25) is 0 Å². The van der Waals surface area contributed by atoms with E-state index in [1.807, 2.05) is 29.8 Å². The molecule has 1 aromatic carbocycles. The molecule has 3 aromatic rings. The maximum Gasteiger partial charge on any atom is 0.279 e. The normalized spacial score (nSPS) is 17.2. The predicted molar refractivity (Wildman–Crippen MR) is 97.7 cm³/mol. The number of rotatable bonds is 3. The molecule has 0 saturated carbocycles. The molecule has 0 amide bonds. The van der Waals surface area contributed by atoms with Crippen LogP contribution in [0.15, 0.2) is 35.1 Å². The molecule has 1 aliphatic heterocycles. The van der Waals surface area contributed by atoms with Crippen molar-refractivity contribution in [3.63, 3.8) is 0 Å². The third-order valence-corrected chi connectivity index (χ3v) is 4.87. The van der Waals surface area contributed by atoms with Crippen molar-refractivity contribution in [2.75, 3.05) is 6.54 Å². The van der Waals surface area contributed by atoms with Crippen molar-refractivity contribution in [2.45, 2.75) is 38.8 Å². The van der Waals surface area contributed by atoms with Crippen molar-refractivity contribution in [1.29, 1.82) is 0 Å². The van der Waals surface area contributed by atoms with Gasteiger partial charge in [0.15, 0.2) is 5.52 Å². The molecule has 0 spiro atoms. The Bertz CT molecular complexity index is 971. The average molecular weight is 337 g/mol. The van der Waals surface area contributed by atoms with E-state index < -0.39 is 0 Å². The Kier molecular flexibility index (Phi) is 3.92. The van der Waals surface area contributed by atoms with Crippen molar-refractivity contribution in [3.8, 4) is 0 Å². The van der Waals surface area contributed by atoms with Gasteiger partial charge in [-0.25, -0.2) is 4.98 Å². The van der Waals surface area contributed by atoms with Crippen molar-refractivity contribution in [3.05, 3.63) is 57.8 Å². The number of hydrogen-bond acceptors (Lipinski definition) is 4. The van der Waals surface area contributed by atoms with Crippen LogP contribution in [-0.2, 0) is 20.0 Å². The molecular weight excluding hydrogens is 314 g/mol. The van der Waals surface area contributed by atoms with E-state index in [4.69, 9.17) is 4.98 Å². The molecule has 0 radical (unpaired) electrons. The van der Waals surface area contributed by atoms with E-state index in [9.17, 15) is 4.79 Å². The number of fused-ring (bicyclic) bond motifs is 2. The molecule has 6 nitrogen and oxygen atoms in total. The van der Waals surface area contributed by atoms with Crippen LogP contribution in [0.3, 0.4) is 0 Å².